The van der Waals surface area contributed by atoms with E-state index in [0.717, 1.165) is 18.2 Å². The minimum atomic E-state index is -0.151. The summed E-state index contributed by atoms with van der Waals surface area (Å²) in [6, 6.07) is 5.47. The van der Waals surface area contributed by atoms with E-state index in [1.54, 1.807) is 19.2 Å². The highest BCUT2D eigenvalue weighted by molar-refractivity contribution is 6.34. The average Bonchev–Trinajstić information content (AvgIpc) is 2.28. The molecule has 2 N–H and O–H groups in total. The van der Waals surface area contributed by atoms with E-state index in [-0.39, 0.29) is 5.91 Å². The molecule has 92 valence electrons. The first-order chi connectivity index (χ1) is 8.20. The summed E-state index contributed by atoms with van der Waals surface area (Å²) in [6.45, 7) is 0.981. The summed E-state index contributed by atoms with van der Waals surface area (Å²) in [4.78, 5) is 11.6. The fourth-order valence-electron chi connectivity index (χ4n) is 1.90. The standard InChI is InChI=1S/C13H17ClN2O/c1-15-13(17)11-7-10(5-6-12(11)14)16-8-9-3-2-4-9/h5-7,9,16H,2-4,8H2,1H3,(H,15,17). The monoisotopic (exact) mass is 252 g/mol. The van der Waals surface area contributed by atoms with E-state index in [4.69, 9.17) is 11.6 Å². The molecule has 1 aliphatic carbocycles. The van der Waals surface area contributed by atoms with Gasteiger partial charge < -0.3 is 10.6 Å². The molecule has 0 heterocycles. The summed E-state index contributed by atoms with van der Waals surface area (Å²) < 4.78 is 0. The molecule has 0 saturated heterocycles. The Kier molecular flexibility index (Phi) is 3.89. The second-order valence-electron chi connectivity index (χ2n) is 4.45. The van der Waals surface area contributed by atoms with Crippen LogP contribution >= 0.6 is 11.6 Å². The highest BCUT2D eigenvalue weighted by Gasteiger charge is 2.17. The van der Waals surface area contributed by atoms with E-state index >= 15 is 0 Å². The van der Waals surface area contributed by atoms with Crippen LogP contribution in [0.3, 0.4) is 0 Å². The molecule has 1 aliphatic rings. The molecular formula is C13H17ClN2O. The Hall–Kier alpha value is -1.22. The number of amides is 1. The molecule has 0 atom stereocenters. The first-order valence-electron chi connectivity index (χ1n) is 5.96. The first-order valence-corrected chi connectivity index (χ1v) is 6.34. The Morgan fingerprint density at radius 3 is 2.82 bits per heavy atom. The van der Waals surface area contributed by atoms with Crippen LogP contribution in [0, 0.1) is 5.92 Å². The molecule has 2 rings (SSSR count). The summed E-state index contributed by atoms with van der Waals surface area (Å²) in [6.07, 6.45) is 3.96. The summed E-state index contributed by atoms with van der Waals surface area (Å²) in [5.74, 6) is 0.636. The van der Waals surface area contributed by atoms with Crippen molar-refractivity contribution in [3.63, 3.8) is 0 Å². The summed E-state index contributed by atoms with van der Waals surface area (Å²) in [7, 11) is 1.60. The Bertz CT molecular complexity index is 416. The van der Waals surface area contributed by atoms with Crippen molar-refractivity contribution in [3.8, 4) is 0 Å². The third-order valence-corrected chi connectivity index (χ3v) is 3.59. The highest BCUT2D eigenvalue weighted by Crippen LogP contribution is 2.27. The maximum Gasteiger partial charge on any atom is 0.252 e. The van der Waals surface area contributed by atoms with Crippen LogP contribution in [0.4, 0.5) is 5.69 Å². The quantitative estimate of drug-likeness (QED) is 0.865. The number of carbonyl (C=O) groups is 1. The van der Waals surface area contributed by atoms with Gasteiger partial charge in [-0.05, 0) is 37.0 Å². The van der Waals surface area contributed by atoms with Crippen LogP contribution in [0.1, 0.15) is 29.6 Å². The van der Waals surface area contributed by atoms with Crippen molar-refractivity contribution in [2.75, 3.05) is 18.9 Å². The van der Waals surface area contributed by atoms with Crippen molar-refractivity contribution in [1.82, 2.24) is 5.32 Å². The number of hydrogen-bond acceptors (Lipinski definition) is 2. The van der Waals surface area contributed by atoms with Gasteiger partial charge >= 0.3 is 0 Å². The number of rotatable bonds is 4. The molecule has 0 aliphatic heterocycles. The van der Waals surface area contributed by atoms with Gasteiger partial charge in [0.2, 0.25) is 0 Å². The Balaban J connectivity index is 2.04. The Morgan fingerprint density at radius 2 is 2.24 bits per heavy atom. The lowest BCUT2D eigenvalue weighted by atomic mass is 9.85. The minimum Gasteiger partial charge on any atom is -0.385 e. The maximum atomic E-state index is 11.6. The van der Waals surface area contributed by atoms with Crippen LogP contribution in [0.25, 0.3) is 0 Å². The summed E-state index contributed by atoms with van der Waals surface area (Å²) >= 11 is 5.98. The summed E-state index contributed by atoms with van der Waals surface area (Å²) in [5.41, 5.74) is 1.48. The van der Waals surface area contributed by atoms with Crippen LogP contribution in [-0.2, 0) is 0 Å². The predicted molar refractivity (Wildman–Crippen MR) is 70.7 cm³/mol. The van der Waals surface area contributed by atoms with Gasteiger partial charge in [0.05, 0.1) is 10.6 Å². The topological polar surface area (TPSA) is 41.1 Å². The number of nitrogens with one attached hydrogen (secondary N) is 2. The molecule has 0 spiro atoms. The Morgan fingerprint density at radius 1 is 1.47 bits per heavy atom. The highest BCUT2D eigenvalue weighted by atomic mass is 35.5. The lowest BCUT2D eigenvalue weighted by molar-refractivity contribution is 0.0963. The molecule has 1 fully saturated rings. The molecule has 1 aromatic rings. The van der Waals surface area contributed by atoms with E-state index in [2.05, 4.69) is 10.6 Å². The number of halogens is 1. The van der Waals surface area contributed by atoms with E-state index in [1.165, 1.54) is 19.3 Å². The van der Waals surface area contributed by atoms with Gasteiger partial charge in [-0.3, -0.25) is 4.79 Å². The smallest absolute Gasteiger partial charge is 0.252 e. The van der Waals surface area contributed by atoms with Gasteiger partial charge in [-0.2, -0.15) is 0 Å². The number of anilines is 1. The van der Waals surface area contributed by atoms with E-state index in [9.17, 15) is 4.79 Å². The van der Waals surface area contributed by atoms with E-state index in [0.29, 0.717) is 10.6 Å². The zero-order valence-corrected chi connectivity index (χ0v) is 10.7. The number of benzene rings is 1. The van der Waals surface area contributed by atoms with Crippen LogP contribution in [0.2, 0.25) is 5.02 Å². The SMILES string of the molecule is CNC(=O)c1cc(NCC2CCC2)ccc1Cl. The molecule has 4 heteroatoms. The molecule has 1 amide bonds. The Labute approximate surface area is 107 Å². The zero-order chi connectivity index (χ0) is 12.3. The molecular weight excluding hydrogens is 236 g/mol. The molecule has 17 heavy (non-hydrogen) atoms. The van der Waals surface area contributed by atoms with Crippen molar-refractivity contribution in [1.29, 1.82) is 0 Å². The van der Waals surface area contributed by atoms with Gasteiger partial charge in [-0.25, -0.2) is 0 Å². The molecule has 3 nitrogen and oxygen atoms in total. The van der Waals surface area contributed by atoms with Crippen LogP contribution in [0.15, 0.2) is 18.2 Å². The van der Waals surface area contributed by atoms with Gasteiger partial charge in [0.25, 0.3) is 5.91 Å². The van der Waals surface area contributed by atoms with Crippen LogP contribution in [0.5, 0.6) is 0 Å². The third kappa shape index (κ3) is 2.91. The number of carbonyl (C=O) groups excluding carboxylic acids is 1. The van der Waals surface area contributed by atoms with Gasteiger partial charge in [0.1, 0.15) is 0 Å². The van der Waals surface area contributed by atoms with Gasteiger partial charge in [0.15, 0.2) is 0 Å². The minimum absolute atomic E-state index is 0.151. The van der Waals surface area contributed by atoms with Crippen molar-refractivity contribution >= 4 is 23.2 Å². The fraction of sp³-hybridized carbons (Fsp3) is 0.462. The zero-order valence-electron chi connectivity index (χ0n) is 9.92. The molecule has 1 saturated carbocycles. The predicted octanol–water partition coefficient (Wildman–Crippen LogP) is 2.91. The number of hydrogen-bond donors (Lipinski definition) is 2. The van der Waals surface area contributed by atoms with Crippen LogP contribution < -0.4 is 10.6 Å². The van der Waals surface area contributed by atoms with E-state index in [1.807, 2.05) is 6.07 Å². The fourth-order valence-corrected chi connectivity index (χ4v) is 2.11. The molecule has 0 unspecified atom stereocenters. The summed E-state index contributed by atoms with van der Waals surface area (Å²) in [5, 5.41) is 6.42. The lowest BCUT2D eigenvalue weighted by Gasteiger charge is -2.26. The van der Waals surface area contributed by atoms with Gasteiger partial charge in [-0.15, -0.1) is 0 Å². The molecule has 1 aromatic carbocycles. The lowest BCUT2D eigenvalue weighted by Crippen LogP contribution is -2.21. The third-order valence-electron chi connectivity index (χ3n) is 3.26. The van der Waals surface area contributed by atoms with Crippen molar-refractivity contribution in [2.45, 2.75) is 19.3 Å². The second-order valence-corrected chi connectivity index (χ2v) is 4.86. The average molecular weight is 253 g/mol. The van der Waals surface area contributed by atoms with Crippen molar-refractivity contribution in [3.05, 3.63) is 28.8 Å². The van der Waals surface area contributed by atoms with Crippen LogP contribution in [-0.4, -0.2) is 19.5 Å². The maximum absolute atomic E-state index is 11.6. The van der Waals surface area contributed by atoms with Gasteiger partial charge in [0, 0.05) is 19.3 Å². The first kappa shape index (κ1) is 12.2. The van der Waals surface area contributed by atoms with E-state index < -0.39 is 0 Å². The second kappa shape index (κ2) is 5.41. The molecule has 0 bridgehead atoms. The van der Waals surface area contributed by atoms with Crippen molar-refractivity contribution in [2.24, 2.45) is 5.92 Å². The largest absolute Gasteiger partial charge is 0.385 e. The molecule has 0 radical (unpaired) electrons. The van der Waals surface area contributed by atoms with Crippen molar-refractivity contribution < 1.29 is 4.79 Å². The van der Waals surface area contributed by atoms with Gasteiger partial charge in [-0.1, -0.05) is 18.0 Å². The molecule has 0 aromatic heterocycles. The normalized spacial score (nSPS) is 15.2.